The van der Waals surface area contributed by atoms with Crippen molar-refractivity contribution < 1.29 is 9.53 Å². The fourth-order valence-electron chi connectivity index (χ4n) is 2.19. The average Bonchev–Trinajstić information content (AvgIpc) is 2.47. The molecule has 0 aliphatic heterocycles. The molecule has 0 heterocycles. The number of nitrogens with two attached hydrogens (primary N) is 1. The third-order valence-electron chi connectivity index (χ3n) is 3.29. The third kappa shape index (κ3) is 10.6. The van der Waals surface area contributed by atoms with Crippen molar-refractivity contribution in [1.82, 2.24) is 5.32 Å². The lowest BCUT2D eigenvalue weighted by Crippen LogP contribution is -2.40. The average molecular weight is 408 g/mol. The fourth-order valence-corrected chi connectivity index (χ4v) is 2.46. The van der Waals surface area contributed by atoms with Crippen LogP contribution in [0.15, 0.2) is 28.7 Å². The minimum absolute atomic E-state index is 0. The molecule has 0 saturated heterocycles. The van der Waals surface area contributed by atoms with Gasteiger partial charge in [-0.1, -0.05) is 29.8 Å². The van der Waals surface area contributed by atoms with Gasteiger partial charge in [-0.15, -0.1) is 12.4 Å². The number of halogens is 2. The van der Waals surface area contributed by atoms with Crippen LogP contribution in [-0.2, 0) is 4.79 Å². The van der Waals surface area contributed by atoms with E-state index in [1.807, 2.05) is 24.3 Å². The molecular weight excluding hydrogens is 380 g/mol. The summed E-state index contributed by atoms with van der Waals surface area (Å²) in [6, 6.07) is 7.84. The van der Waals surface area contributed by atoms with E-state index in [9.17, 15) is 4.79 Å². The van der Waals surface area contributed by atoms with Crippen molar-refractivity contribution in [3.63, 3.8) is 0 Å². The van der Waals surface area contributed by atoms with E-state index in [1.165, 1.54) is 0 Å². The number of unbranched alkanes of at least 4 members (excludes halogenated alkanes) is 1. The van der Waals surface area contributed by atoms with Gasteiger partial charge in [0.05, 0.1) is 6.61 Å². The summed E-state index contributed by atoms with van der Waals surface area (Å²) in [5, 5.41) is 3.00. The number of carbonyl (C=O) groups is 1. The van der Waals surface area contributed by atoms with Crippen LogP contribution in [-0.4, -0.2) is 25.1 Å². The maximum atomic E-state index is 11.9. The summed E-state index contributed by atoms with van der Waals surface area (Å²) >= 11 is 3.39. The molecule has 0 bridgehead atoms. The predicted octanol–water partition coefficient (Wildman–Crippen LogP) is 3.91. The summed E-state index contributed by atoms with van der Waals surface area (Å²) in [6.45, 7) is 5.39. The number of hydrogen-bond acceptors (Lipinski definition) is 3. The van der Waals surface area contributed by atoms with Gasteiger partial charge in [0.2, 0.25) is 5.91 Å². The van der Waals surface area contributed by atoms with E-state index < -0.39 is 0 Å². The highest BCUT2D eigenvalue weighted by atomic mass is 79.9. The molecule has 0 aliphatic rings. The molecule has 23 heavy (non-hydrogen) atoms. The lowest BCUT2D eigenvalue weighted by Gasteiger charge is -2.18. The van der Waals surface area contributed by atoms with Crippen LogP contribution < -0.4 is 15.8 Å². The van der Waals surface area contributed by atoms with E-state index in [0.717, 1.165) is 29.5 Å². The Balaban J connectivity index is 0.00000484. The van der Waals surface area contributed by atoms with Gasteiger partial charge in [0.1, 0.15) is 5.75 Å². The molecule has 1 aromatic rings. The minimum atomic E-state index is 0. The molecule has 1 aromatic carbocycles. The lowest BCUT2D eigenvalue weighted by molar-refractivity contribution is -0.121. The summed E-state index contributed by atoms with van der Waals surface area (Å²) < 4.78 is 6.66. The van der Waals surface area contributed by atoms with Crippen LogP contribution in [0, 0.1) is 5.92 Å². The van der Waals surface area contributed by atoms with Crippen LogP contribution in [0.4, 0.5) is 0 Å². The quantitative estimate of drug-likeness (QED) is 0.578. The van der Waals surface area contributed by atoms with Gasteiger partial charge in [-0.2, -0.15) is 0 Å². The van der Waals surface area contributed by atoms with Gasteiger partial charge in [-0.25, -0.2) is 0 Å². The first-order valence-electron chi connectivity index (χ1n) is 7.89. The van der Waals surface area contributed by atoms with Gasteiger partial charge in [-0.05, 0) is 49.4 Å². The van der Waals surface area contributed by atoms with E-state index in [2.05, 4.69) is 35.1 Å². The molecule has 1 amide bonds. The molecule has 1 atom stereocenters. The normalized spacial score (nSPS) is 11.7. The number of hydrogen-bond donors (Lipinski definition) is 2. The zero-order valence-electron chi connectivity index (χ0n) is 13.9. The van der Waals surface area contributed by atoms with Gasteiger partial charge in [0.25, 0.3) is 0 Å². The second kappa shape index (κ2) is 12.6. The molecule has 1 unspecified atom stereocenters. The Morgan fingerprint density at radius 3 is 2.48 bits per heavy atom. The lowest BCUT2D eigenvalue weighted by atomic mass is 10.0. The van der Waals surface area contributed by atoms with Crippen molar-refractivity contribution in [3.8, 4) is 5.75 Å². The molecule has 0 fully saturated rings. The first-order chi connectivity index (χ1) is 10.5. The van der Waals surface area contributed by atoms with Crippen LogP contribution >= 0.6 is 28.3 Å². The number of ether oxygens (including phenoxy) is 1. The molecule has 1 rings (SSSR count). The molecule has 0 radical (unpaired) electrons. The van der Waals surface area contributed by atoms with E-state index in [4.69, 9.17) is 10.5 Å². The zero-order chi connectivity index (χ0) is 16.4. The maximum absolute atomic E-state index is 11.9. The maximum Gasteiger partial charge on any atom is 0.220 e. The van der Waals surface area contributed by atoms with E-state index >= 15 is 0 Å². The predicted molar refractivity (Wildman–Crippen MR) is 101 cm³/mol. The van der Waals surface area contributed by atoms with Crippen LogP contribution in [0.3, 0.4) is 0 Å². The second-order valence-corrected chi connectivity index (χ2v) is 6.80. The van der Waals surface area contributed by atoms with Crippen molar-refractivity contribution in [2.75, 3.05) is 13.2 Å². The van der Waals surface area contributed by atoms with Gasteiger partial charge >= 0.3 is 0 Å². The van der Waals surface area contributed by atoms with Crippen LogP contribution in [0.1, 0.15) is 39.5 Å². The molecule has 132 valence electrons. The SMILES string of the molecule is CC(C)CC(CN)NC(=O)CCCCOc1ccc(Br)cc1.Cl. The van der Waals surface area contributed by atoms with Crippen molar-refractivity contribution in [2.24, 2.45) is 11.7 Å². The molecule has 6 heteroatoms. The van der Waals surface area contributed by atoms with Gasteiger partial charge in [-0.3, -0.25) is 4.79 Å². The van der Waals surface area contributed by atoms with Crippen molar-refractivity contribution in [1.29, 1.82) is 0 Å². The first kappa shape index (κ1) is 22.2. The Bertz CT molecular complexity index is 441. The number of carbonyl (C=O) groups excluding carboxylic acids is 1. The number of nitrogens with one attached hydrogen (secondary N) is 1. The second-order valence-electron chi connectivity index (χ2n) is 5.89. The Hall–Kier alpha value is -0.780. The topological polar surface area (TPSA) is 64.3 Å². The molecule has 0 saturated carbocycles. The summed E-state index contributed by atoms with van der Waals surface area (Å²) in [4.78, 5) is 11.9. The Kier molecular flexibility index (Phi) is 12.2. The molecule has 4 nitrogen and oxygen atoms in total. The minimum Gasteiger partial charge on any atom is -0.494 e. The van der Waals surface area contributed by atoms with E-state index in [0.29, 0.717) is 25.5 Å². The summed E-state index contributed by atoms with van der Waals surface area (Å²) in [5.41, 5.74) is 5.68. The Morgan fingerprint density at radius 2 is 1.91 bits per heavy atom. The number of benzene rings is 1. The van der Waals surface area contributed by atoms with E-state index in [1.54, 1.807) is 0 Å². The van der Waals surface area contributed by atoms with Crippen LogP contribution in [0.25, 0.3) is 0 Å². The van der Waals surface area contributed by atoms with Crippen LogP contribution in [0.2, 0.25) is 0 Å². The summed E-state index contributed by atoms with van der Waals surface area (Å²) in [6.07, 6.45) is 3.13. The van der Waals surface area contributed by atoms with Gasteiger partial charge < -0.3 is 15.8 Å². The van der Waals surface area contributed by atoms with Gasteiger partial charge in [0, 0.05) is 23.5 Å². The smallest absolute Gasteiger partial charge is 0.220 e. The highest BCUT2D eigenvalue weighted by Crippen LogP contribution is 2.16. The fraction of sp³-hybridized carbons (Fsp3) is 0.588. The molecule has 0 aliphatic carbocycles. The van der Waals surface area contributed by atoms with E-state index in [-0.39, 0.29) is 24.4 Å². The standard InChI is InChI=1S/C17H27BrN2O2.ClH/c1-13(2)11-15(12-19)20-17(21)5-3-4-10-22-16-8-6-14(18)7-9-16;/h6-9,13,15H,3-5,10-12,19H2,1-2H3,(H,20,21);1H. The first-order valence-corrected chi connectivity index (χ1v) is 8.68. The van der Waals surface area contributed by atoms with Crippen molar-refractivity contribution in [3.05, 3.63) is 28.7 Å². The molecule has 0 aromatic heterocycles. The van der Waals surface area contributed by atoms with Crippen LogP contribution in [0.5, 0.6) is 5.75 Å². The summed E-state index contributed by atoms with van der Waals surface area (Å²) in [7, 11) is 0. The summed E-state index contributed by atoms with van der Waals surface area (Å²) in [5.74, 6) is 1.47. The molecule has 0 spiro atoms. The highest BCUT2D eigenvalue weighted by molar-refractivity contribution is 9.10. The largest absolute Gasteiger partial charge is 0.494 e. The van der Waals surface area contributed by atoms with Crippen molar-refractivity contribution >= 4 is 34.2 Å². The molecule has 3 N–H and O–H groups in total. The third-order valence-corrected chi connectivity index (χ3v) is 3.81. The number of rotatable bonds is 10. The zero-order valence-corrected chi connectivity index (χ0v) is 16.3. The monoisotopic (exact) mass is 406 g/mol. The number of amides is 1. The highest BCUT2D eigenvalue weighted by Gasteiger charge is 2.11. The van der Waals surface area contributed by atoms with Gasteiger partial charge in [0.15, 0.2) is 0 Å². The Labute approximate surface area is 154 Å². The van der Waals surface area contributed by atoms with Crippen molar-refractivity contribution in [2.45, 2.75) is 45.6 Å². The molecular formula is C17H28BrClN2O2. The Morgan fingerprint density at radius 1 is 1.26 bits per heavy atom.